The number of fused-ring (bicyclic) bond motifs is 1. The third kappa shape index (κ3) is 4.49. The fourth-order valence-electron chi connectivity index (χ4n) is 2.94. The van der Waals surface area contributed by atoms with E-state index < -0.39 is 8.07 Å². The van der Waals surface area contributed by atoms with E-state index in [9.17, 15) is 5.26 Å². The van der Waals surface area contributed by atoms with Gasteiger partial charge in [-0.05, 0) is 35.0 Å². The summed E-state index contributed by atoms with van der Waals surface area (Å²) in [6, 6.07) is 5.31. The van der Waals surface area contributed by atoms with E-state index in [0.717, 1.165) is 45.8 Å². The molecule has 0 saturated carbocycles. The zero-order valence-corrected chi connectivity index (χ0v) is 18.7. The summed E-state index contributed by atoms with van der Waals surface area (Å²) in [6.07, 6.45) is 5.81. The average molecular weight is 446 g/mol. The molecule has 27 heavy (non-hydrogen) atoms. The Bertz CT molecular complexity index is 996. The van der Waals surface area contributed by atoms with Crippen molar-refractivity contribution in [1.29, 1.82) is 5.26 Å². The fraction of sp³-hybridized carbons (Fsp3) is 0.421. The van der Waals surface area contributed by atoms with E-state index >= 15 is 0 Å². The summed E-state index contributed by atoms with van der Waals surface area (Å²) in [6.45, 7) is 11.0. The molecular weight excluding hydrogens is 422 g/mol. The zero-order chi connectivity index (χ0) is 19.6. The molecule has 0 aromatic carbocycles. The maximum absolute atomic E-state index is 9.57. The van der Waals surface area contributed by atoms with Crippen LogP contribution in [0.25, 0.3) is 22.0 Å². The number of nitriles is 1. The highest BCUT2D eigenvalue weighted by atomic mass is 79.9. The molecule has 0 bridgehead atoms. The van der Waals surface area contributed by atoms with Gasteiger partial charge in [-0.25, -0.2) is 9.67 Å². The van der Waals surface area contributed by atoms with Crippen LogP contribution in [0.2, 0.25) is 25.7 Å². The third-order valence-corrected chi connectivity index (χ3v) is 6.59. The molecule has 3 aromatic heterocycles. The van der Waals surface area contributed by atoms with E-state index in [1.807, 2.05) is 18.5 Å². The van der Waals surface area contributed by atoms with Crippen LogP contribution in [0.15, 0.2) is 29.3 Å². The second kappa shape index (κ2) is 7.96. The van der Waals surface area contributed by atoms with Gasteiger partial charge in [0.1, 0.15) is 17.4 Å². The van der Waals surface area contributed by atoms with Crippen LogP contribution in [0.1, 0.15) is 12.6 Å². The van der Waals surface area contributed by atoms with Crippen LogP contribution in [-0.2, 0) is 18.0 Å². The molecule has 0 aliphatic rings. The minimum Gasteiger partial charge on any atom is -0.360 e. The normalized spacial score (nSPS) is 11.9. The topological polar surface area (TPSA) is 68.7 Å². The molecule has 0 spiro atoms. The quantitative estimate of drug-likeness (QED) is 0.295. The molecule has 0 unspecified atom stereocenters. The molecule has 3 rings (SSSR count). The summed E-state index contributed by atoms with van der Waals surface area (Å²) in [5.74, 6) is 0. The Labute approximate surface area is 168 Å². The molecule has 6 nitrogen and oxygen atoms in total. The van der Waals surface area contributed by atoms with Crippen molar-refractivity contribution in [1.82, 2.24) is 19.3 Å². The van der Waals surface area contributed by atoms with Gasteiger partial charge in [-0.15, -0.1) is 0 Å². The third-order valence-electron chi connectivity index (χ3n) is 4.45. The van der Waals surface area contributed by atoms with Gasteiger partial charge in [-0.2, -0.15) is 10.4 Å². The average Bonchev–Trinajstić information content (AvgIpc) is 3.18. The summed E-state index contributed by atoms with van der Waals surface area (Å²) in [5, 5.41) is 15.0. The van der Waals surface area contributed by atoms with E-state index in [1.54, 1.807) is 4.68 Å². The van der Waals surface area contributed by atoms with Gasteiger partial charge in [0.05, 0.1) is 11.7 Å². The van der Waals surface area contributed by atoms with Gasteiger partial charge < -0.3 is 9.30 Å². The van der Waals surface area contributed by atoms with Crippen molar-refractivity contribution < 1.29 is 4.74 Å². The Morgan fingerprint density at radius 1 is 1.26 bits per heavy atom. The summed E-state index contributed by atoms with van der Waals surface area (Å²) in [4.78, 5) is 4.33. The van der Waals surface area contributed by atoms with Crippen LogP contribution < -0.4 is 0 Å². The number of aromatic nitrogens is 4. The number of rotatable bonds is 7. The van der Waals surface area contributed by atoms with Crippen molar-refractivity contribution in [3.63, 3.8) is 0 Å². The molecule has 0 amide bonds. The fourth-order valence-corrected chi connectivity index (χ4v) is 4.03. The van der Waals surface area contributed by atoms with Gasteiger partial charge in [-0.1, -0.05) is 19.6 Å². The molecule has 3 aromatic rings. The standard InChI is InChI=1S/C19H24BrN5OSi/c1-5-24-11-15(14-8-19(20)22-10-18(14)24)16-12-25(23-17(16)9-21)13-26-6-7-27(2,3)4/h8,10-12H,5-7,13H2,1-4H3. The van der Waals surface area contributed by atoms with Crippen LogP contribution in [0.3, 0.4) is 0 Å². The van der Waals surface area contributed by atoms with Gasteiger partial charge >= 0.3 is 0 Å². The second-order valence-corrected chi connectivity index (χ2v) is 14.2. The maximum atomic E-state index is 9.57. The molecule has 142 valence electrons. The highest BCUT2D eigenvalue weighted by Gasteiger charge is 2.18. The largest absolute Gasteiger partial charge is 0.360 e. The molecule has 8 heteroatoms. The van der Waals surface area contributed by atoms with E-state index in [-0.39, 0.29) is 0 Å². The molecular formula is C19H24BrN5OSi. The van der Waals surface area contributed by atoms with Crippen molar-refractivity contribution in [2.45, 2.75) is 45.9 Å². The summed E-state index contributed by atoms with van der Waals surface area (Å²) in [5.41, 5.74) is 3.26. The number of hydrogen-bond acceptors (Lipinski definition) is 4. The van der Waals surface area contributed by atoms with Crippen LogP contribution in [0, 0.1) is 11.3 Å². The lowest BCUT2D eigenvalue weighted by Crippen LogP contribution is -2.22. The lowest BCUT2D eigenvalue weighted by atomic mass is 10.1. The Balaban J connectivity index is 1.91. The molecule has 0 saturated heterocycles. The Kier molecular flexibility index (Phi) is 5.84. The predicted molar refractivity (Wildman–Crippen MR) is 113 cm³/mol. The first-order chi connectivity index (χ1) is 12.8. The molecule has 3 heterocycles. The van der Waals surface area contributed by atoms with Crippen molar-refractivity contribution >= 4 is 34.9 Å². The van der Waals surface area contributed by atoms with Gasteiger partial charge in [0.25, 0.3) is 0 Å². The van der Waals surface area contributed by atoms with Crippen LogP contribution in [-0.4, -0.2) is 34.0 Å². The number of pyridine rings is 1. The van der Waals surface area contributed by atoms with Gasteiger partial charge in [0, 0.05) is 50.1 Å². The molecule has 0 aliphatic heterocycles. The number of hydrogen-bond donors (Lipinski definition) is 0. The first kappa shape index (κ1) is 19.8. The number of nitrogens with zero attached hydrogens (tertiary/aromatic N) is 5. The Hall–Kier alpha value is -1.95. The minimum atomic E-state index is -1.12. The van der Waals surface area contributed by atoms with Gasteiger partial charge in [0.2, 0.25) is 0 Å². The first-order valence-electron chi connectivity index (χ1n) is 9.02. The Morgan fingerprint density at radius 2 is 2.04 bits per heavy atom. The van der Waals surface area contributed by atoms with E-state index in [0.29, 0.717) is 12.4 Å². The molecule has 0 fully saturated rings. The van der Waals surface area contributed by atoms with E-state index in [1.165, 1.54) is 0 Å². The Morgan fingerprint density at radius 3 is 2.70 bits per heavy atom. The van der Waals surface area contributed by atoms with Crippen LogP contribution in [0.4, 0.5) is 0 Å². The molecule has 0 radical (unpaired) electrons. The highest BCUT2D eigenvalue weighted by Crippen LogP contribution is 2.33. The van der Waals surface area contributed by atoms with Crippen LogP contribution >= 0.6 is 15.9 Å². The monoisotopic (exact) mass is 445 g/mol. The number of ether oxygens (including phenoxy) is 1. The van der Waals surface area contributed by atoms with E-state index in [4.69, 9.17) is 4.74 Å². The van der Waals surface area contributed by atoms with Gasteiger partial charge in [-0.3, -0.25) is 0 Å². The van der Waals surface area contributed by atoms with Crippen molar-refractivity contribution in [2.75, 3.05) is 6.61 Å². The predicted octanol–water partition coefficient (Wildman–Crippen LogP) is 4.87. The summed E-state index contributed by atoms with van der Waals surface area (Å²) < 4.78 is 10.4. The molecule has 0 aliphatic carbocycles. The van der Waals surface area contributed by atoms with Crippen molar-refractivity contribution in [3.05, 3.63) is 35.0 Å². The lowest BCUT2D eigenvalue weighted by Gasteiger charge is -2.15. The first-order valence-corrected chi connectivity index (χ1v) is 13.5. The van der Waals surface area contributed by atoms with E-state index in [2.05, 4.69) is 69.4 Å². The van der Waals surface area contributed by atoms with Gasteiger partial charge in [0.15, 0.2) is 5.69 Å². The number of halogens is 1. The minimum absolute atomic E-state index is 0.358. The highest BCUT2D eigenvalue weighted by molar-refractivity contribution is 9.10. The van der Waals surface area contributed by atoms with Crippen molar-refractivity contribution in [2.24, 2.45) is 0 Å². The number of aryl methyl sites for hydroxylation is 1. The molecule has 0 N–H and O–H groups in total. The van der Waals surface area contributed by atoms with Crippen LogP contribution in [0.5, 0.6) is 0 Å². The lowest BCUT2D eigenvalue weighted by molar-refractivity contribution is 0.0785. The summed E-state index contributed by atoms with van der Waals surface area (Å²) >= 11 is 3.45. The maximum Gasteiger partial charge on any atom is 0.170 e. The summed E-state index contributed by atoms with van der Waals surface area (Å²) in [7, 11) is -1.12. The second-order valence-electron chi connectivity index (χ2n) is 7.74. The zero-order valence-electron chi connectivity index (χ0n) is 16.2. The SMILES string of the molecule is CCn1cc(-c2cn(COCC[Si](C)(C)C)nc2C#N)c2cc(Br)ncc21. The smallest absolute Gasteiger partial charge is 0.170 e. The molecule has 0 atom stereocenters. The van der Waals surface area contributed by atoms with Crippen molar-refractivity contribution in [3.8, 4) is 17.2 Å².